The summed E-state index contributed by atoms with van der Waals surface area (Å²) in [5, 5.41) is 9.08. The highest BCUT2D eigenvalue weighted by atomic mass is 32.2. The summed E-state index contributed by atoms with van der Waals surface area (Å²) in [5.41, 5.74) is 0.697. The van der Waals surface area contributed by atoms with Crippen LogP contribution in [0.2, 0.25) is 0 Å². The van der Waals surface area contributed by atoms with Gasteiger partial charge < -0.3 is 14.6 Å². The number of rotatable bonds is 6. The largest absolute Gasteiger partial charge is 0.480 e. The molecule has 0 saturated heterocycles. The Morgan fingerprint density at radius 2 is 1.79 bits per heavy atom. The van der Waals surface area contributed by atoms with E-state index in [2.05, 4.69) is 0 Å². The van der Waals surface area contributed by atoms with Crippen LogP contribution in [0.4, 0.5) is 0 Å². The topological polar surface area (TPSA) is 93.1 Å². The number of ether oxygens (including phenoxy) is 2. The fourth-order valence-electron chi connectivity index (χ4n) is 2.35. The van der Waals surface area contributed by atoms with Crippen molar-refractivity contribution in [3.8, 4) is 11.5 Å². The van der Waals surface area contributed by atoms with E-state index in [1.54, 1.807) is 30.3 Å². The smallest absolute Gasteiger partial charge is 0.318 e. The maximum Gasteiger partial charge on any atom is 0.318 e. The van der Waals surface area contributed by atoms with Gasteiger partial charge in [0.25, 0.3) is 0 Å². The van der Waals surface area contributed by atoms with Gasteiger partial charge in [-0.05, 0) is 17.7 Å². The van der Waals surface area contributed by atoms with Gasteiger partial charge in [0.1, 0.15) is 6.54 Å². The third-order valence-electron chi connectivity index (χ3n) is 3.50. The van der Waals surface area contributed by atoms with Crippen molar-refractivity contribution in [1.29, 1.82) is 0 Å². The van der Waals surface area contributed by atoms with Gasteiger partial charge in [-0.15, -0.1) is 0 Å². The quantitative estimate of drug-likeness (QED) is 0.853. The van der Waals surface area contributed by atoms with Crippen molar-refractivity contribution in [2.45, 2.75) is 11.4 Å². The van der Waals surface area contributed by atoms with Gasteiger partial charge in [0.15, 0.2) is 11.5 Å². The minimum Gasteiger partial charge on any atom is -0.480 e. The van der Waals surface area contributed by atoms with E-state index in [9.17, 15) is 13.2 Å². The fourth-order valence-corrected chi connectivity index (χ4v) is 3.74. The number of fused-ring (bicyclic) bond motifs is 1. The average Bonchev–Trinajstić information content (AvgIpc) is 3.02. The molecule has 0 aliphatic carbocycles. The molecular formula is C16H15NO6S. The Kier molecular flexibility index (Phi) is 4.41. The minimum absolute atomic E-state index is 0.0295. The summed E-state index contributed by atoms with van der Waals surface area (Å²) < 4.78 is 36.9. The molecule has 2 aromatic rings. The second kappa shape index (κ2) is 6.50. The molecule has 1 aliphatic rings. The molecule has 2 aromatic carbocycles. The summed E-state index contributed by atoms with van der Waals surface area (Å²) >= 11 is 0. The average molecular weight is 349 g/mol. The molecule has 0 saturated carbocycles. The van der Waals surface area contributed by atoms with Gasteiger partial charge in [-0.25, -0.2) is 8.42 Å². The van der Waals surface area contributed by atoms with Gasteiger partial charge >= 0.3 is 5.97 Å². The van der Waals surface area contributed by atoms with Crippen molar-refractivity contribution in [1.82, 2.24) is 4.31 Å². The van der Waals surface area contributed by atoms with Crippen LogP contribution >= 0.6 is 0 Å². The van der Waals surface area contributed by atoms with E-state index in [0.717, 1.165) is 4.31 Å². The lowest BCUT2D eigenvalue weighted by molar-refractivity contribution is -0.137. The predicted molar refractivity (Wildman–Crippen MR) is 84.2 cm³/mol. The number of hydrogen-bond donors (Lipinski definition) is 1. The summed E-state index contributed by atoms with van der Waals surface area (Å²) in [6, 6.07) is 13.0. The molecule has 0 aromatic heterocycles. The van der Waals surface area contributed by atoms with Gasteiger partial charge in [0.2, 0.25) is 16.8 Å². The number of nitrogens with zero attached hydrogens (tertiary/aromatic N) is 1. The number of sulfonamides is 1. The molecule has 0 fully saturated rings. The van der Waals surface area contributed by atoms with E-state index in [1.165, 1.54) is 18.2 Å². The molecule has 0 atom stereocenters. The highest BCUT2D eigenvalue weighted by Crippen LogP contribution is 2.34. The summed E-state index contributed by atoms with van der Waals surface area (Å²) in [7, 11) is -4.00. The van der Waals surface area contributed by atoms with Crippen molar-refractivity contribution in [3.63, 3.8) is 0 Å². The molecule has 7 nitrogen and oxygen atoms in total. The lowest BCUT2D eigenvalue weighted by Crippen LogP contribution is -2.35. The van der Waals surface area contributed by atoms with Crippen LogP contribution in [0.1, 0.15) is 5.56 Å². The molecule has 0 unspecified atom stereocenters. The molecule has 1 N–H and O–H groups in total. The lowest BCUT2D eigenvalue weighted by atomic mass is 10.2. The van der Waals surface area contributed by atoms with Crippen molar-refractivity contribution in [2.24, 2.45) is 0 Å². The number of hydrogen-bond acceptors (Lipinski definition) is 5. The first-order chi connectivity index (χ1) is 11.5. The van der Waals surface area contributed by atoms with E-state index in [4.69, 9.17) is 14.6 Å². The van der Waals surface area contributed by atoms with Gasteiger partial charge in [-0.3, -0.25) is 4.79 Å². The zero-order chi connectivity index (χ0) is 17.2. The first kappa shape index (κ1) is 16.3. The van der Waals surface area contributed by atoms with Crippen LogP contribution < -0.4 is 9.47 Å². The SMILES string of the molecule is O=C(O)CN(Cc1ccccc1)S(=O)(=O)c1ccc2c(c1)OCO2. The molecular weight excluding hydrogens is 334 g/mol. The molecule has 24 heavy (non-hydrogen) atoms. The lowest BCUT2D eigenvalue weighted by Gasteiger charge is -2.20. The highest BCUT2D eigenvalue weighted by Gasteiger charge is 2.28. The number of carboxylic acid groups (broad SMARTS) is 1. The third-order valence-corrected chi connectivity index (χ3v) is 5.28. The van der Waals surface area contributed by atoms with Crippen molar-refractivity contribution in [3.05, 3.63) is 54.1 Å². The zero-order valence-electron chi connectivity index (χ0n) is 12.6. The fraction of sp³-hybridized carbons (Fsp3) is 0.188. The molecule has 1 aliphatic heterocycles. The number of benzene rings is 2. The first-order valence-electron chi connectivity index (χ1n) is 7.12. The Morgan fingerprint density at radius 1 is 1.08 bits per heavy atom. The molecule has 3 rings (SSSR count). The number of aliphatic carboxylic acids is 1. The Labute approximate surface area is 139 Å². The first-order valence-corrected chi connectivity index (χ1v) is 8.56. The van der Waals surface area contributed by atoms with Gasteiger partial charge in [0, 0.05) is 12.6 Å². The Hall–Kier alpha value is -2.58. The van der Waals surface area contributed by atoms with Crippen LogP contribution in [0, 0.1) is 0 Å². The molecule has 0 spiro atoms. The van der Waals surface area contributed by atoms with Gasteiger partial charge in [-0.2, -0.15) is 4.31 Å². The van der Waals surface area contributed by atoms with Crippen LogP contribution in [0.25, 0.3) is 0 Å². The van der Waals surface area contributed by atoms with E-state index in [1.807, 2.05) is 0 Å². The van der Waals surface area contributed by atoms with Gasteiger partial charge in [0.05, 0.1) is 4.90 Å². The molecule has 0 amide bonds. The molecule has 1 heterocycles. The second-order valence-electron chi connectivity index (χ2n) is 5.17. The van der Waals surface area contributed by atoms with Crippen LogP contribution in [0.15, 0.2) is 53.4 Å². The number of carbonyl (C=O) groups is 1. The van der Waals surface area contributed by atoms with E-state index < -0.39 is 22.5 Å². The molecule has 0 radical (unpaired) electrons. The van der Waals surface area contributed by atoms with E-state index in [-0.39, 0.29) is 18.2 Å². The van der Waals surface area contributed by atoms with Crippen molar-refractivity contribution < 1.29 is 27.8 Å². The molecule has 126 valence electrons. The van der Waals surface area contributed by atoms with Crippen molar-refractivity contribution >= 4 is 16.0 Å². The highest BCUT2D eigenvalue weighted by molar-refractivity contribution is 7.89. The number of carboxylic acids is 1. The Morgan fingerprint density at radius 3 is 2.50 bits per heavy atom. The summed E-state index contributed by atoms with van der Waals surface area (Å²) in [6.45, 7) is -0.642. The summed E-state index contributed by atoms with van der Waals surface area (Å²) in [6.07, 6.45) is 0. The second-order valence-corrected chi connectivity index (χ2v) is 7.11. The van der Waals surface area contributed by atoms with Crippen LogP contribution in [0.3, 0.4) is 0 Å². The molecule has 8 heteroatoms. The predicted octanol–water partition coefficient (Wildman–Crippen LogP) is 1.69. The van der Waals surface area contributed by atoms with Crippen LogP contribution in [0.5, 0.6) is 11.5 Å². The van der Waals surface area contributed by atoms with Crippen molar-refractivity contribution in [2.75, 3.05) is 13.3 Å². The monoisotopic (exact) mass is 349 g/mol. The Bertz CT molecular complexity index is 850. The Balaban J connectivity index is 1.94. The maximum absolute atomic E-state index is 12.8. The van der Waals surface area contributed by atoms with Crippen LogP contribution in [-0.2, 0) is 21.4 Å². The maximum atomic E-state index is 12.8. The van der Waals surface area contributed by atoms with Gasteiger partial charge in [-0.1, -0.05) is 30.3 Å². The third kappa shape index (κ3) is 3.34. The normalized spacial score (nSPS) is 13.2. The molecule has 0 bridgehead atoms. The van der Waals surface area contributed by atoms with E-state index in [0.29, 0.717) is 17.1 Å². The standard InChI is InChI=1S/C16H15NO6S/c18-16(19)10-17(9-12-4-2-1-3-5-12)24(20,21)13-6-7-14-15(8-13)23-11-22-14/h1-8H,9-11H2,(H,18,19). The van der Waals surface area contributed by atoms with Crippen LogP contribution in [-0.4, -0.2) is 37.1 Å². The minimum atomic E-state index is -4.00. The summed E-state index contributed by atoms with van der Waals surface area (Å²) in [4.78, 5) is 11.1. The van der Waals surface area contributed by atoms with E-state index >= 15 is 0 Å². The summed E-state index contributed by atoms with van der Waals surface area (Å²) in [5.74, 6) is -0.442. The zero-order valence-corrected chi connectivity index (χ0v) is 13.4.